The van der Waals surface area contributed by atoms with Crippen LogP contribution in [-0.2, 0) is 32.7 Å². The first-order valence-corrected chi connectivity index (χ1v) is 23.4. The molecule has 0 saturated heterocycles. The maximum Gasteiger partial charge on any atom is 0.472 e. The number of hydrogen-bond donors (Lipinski definition) is 3. The monoisotopic (exact) mass is 823 g/mol. The lowest BCUT2D eigenvalue weighted by Crippen LogP contribution is -2.29. The Morgan fingerprint density at radius 2 is 0.982 bits per heavy atom. The Labute approximate surface area is 346 Å². The fourth-order valence-electron chi connectivity index (χ4n) is 5.49. The minimum Gasteiger partial charge on any atom is -0.462 e. The lowest BCUT2D eigenvalue weighted by molar-refractivity contribution is -0.161. The van der Waals surface area contributed by atoms with Crippen molar-refractivity contribution in [2.24, 2.45) is 0 Å². The molecule has 0 aliphatic rings. The molecule has 0 aromatic rings. The number of allylic oxidation sites excluding steroid dienone is 12. The second-order valence-electron chi connectivity index (χ2n) is 14.3. The molecule has 57 heavy (non-hydrogen) atoms. The molecule has 0 spiro atoms. The number of hydrogen-bond acceptors (Lipinski definition) is 9. The third-order valence-electron chi connectivity index (χ3n) is 8.84. The first kappa shape index (κ1) is 54.4. The summed E-state index contributed by atoms with van der Waals surface area (Å²) in [5, 5.41) is 18.3. The molecule has 11 heteroatoms. The maximum atomic E-state index is 12.6. The molecule has 1 unspecified atom stereocenters. The molecule has 0 fully saturated rings. The Hall–Kier alpha value is -2.59. The highest BCUT2D eigenvalue weighted by atomic mass is 31.2. The molecule has 0 saturated carbocycles. The third-order valence-corrected chi connectivity index (χ3v) is 9.80. The van der Waals surface area contributed by atoms with E-state index in [1.807, 2.05) is 12.2 Å². The molecule has 3 N–H and O–H groups in total. The van der Waals surface area contributed by atoms with Crippen molar-refractivity contribution in [2.45, 2.75) is 180 Å². The largest absolute Gasteiger partial charge is 0.472 e. The van der Waals surface area contributed by atoms with Crippen LogP contribution in [0.5, 0.6) is 0 Å². The lowest BCUT2D eigenvalue weighted by atomic mass is 10.1. The molecule has 0 aliphatic carbocycles. The second-order valence-corrected chi connectivity index (χ2v) is 15.8. The molecule has 0 aromatic heterocycles. The average molecular weight is 823 g/mol. The Balaban J connectivity index is 4.39. The Morgan fingerprint density at radius 3 is 1.53 bits per heavy atom. The standard InChI is InChI=1S/C46H79O10P/c1-3-5-7-9-11-13-15-17-19-21-23-25-27-29-31-33-35-37-45(49)53-41-44(42-55-57(51,52)54-40-43(48)39-47)56-46(50)38-36-34-32-30-28-26-24-22-20-18-16-14-12-10-8-6-4-2/h6,8,12-15,18,20,24,26,30,32,43-44,47-48H,3-5,7,9-11,16-17,19,21-23,25,27-29,31,33-42H2,1-2H3,(H,51,52)/b8-6+,14-12+,15-13+,20-18+,26-24+,32-30+/t43-,44+/m0/s1. The van der Waals surface area contributed by atoms with Crippen LogP contribution in [0.25, 0.3) is 0 Å². The predicted molar refractivity (Wildman–Crippen MR) is 233 cm³/mol. The van der Waals surface area contributed by atoms with Gasteiger partial charge in [-0.15, -0.1) is 0 Å². The first-order valence-electron chi connectivity index (χ1n) is 21.9. The van der Waals surface area contributed by atoms with Gasteiger partial charge in [-0.25, -0.2) is 4.57 Å². The number of esters is 2. The number of aliphatic hydroxyl groups is 2. The van der Waals surface area contributed by atoms with Crippen LogP contribution in [0.3, 0.4) is 0 Å². The average Bonchev–Trinajstić information content (AvgIpc) is 3.20. The van der Waals surface area contributed by atoms with Gasteiger partial charge in [0.05, 0.1) is 19.8 Å². The Kier molecular flexibility index (Phi) is 39.7. The first-order chi connectivity index (χ1) is 27.7. The molecule has 0 amide bonds. The molecule has 0 heterocycles. The van der Waals surface area contributed by atoms with E-state index in [0.29, 0.717) is 19.3 Å². The van der Waals surface area contributed by atoms with Crippen molar-refractivity contribution in [3.8, 4) is 0 Å². The highest BCUT2D eigenvalue weighted by Gasteiger charge is 2.27. The van der Waals surface area contributed by atoms with Gasteiger partial charge in [0.15, 0.2) is 6.10 Å². The second kappa shape index (κ2) is 41.6. The van der Waals surface area contributed by atoms with E-state index in [2.05, 4.69) is 79.1 Å². The van der Waals surface area contributed by atoms with E-state index in [0.717, 1.165) is 51.4 Å². The van der Waals surface area contributed by atoms with Crippen molar-refractivity contribution < 1.29 is 47.8 Å². The summed E-state index contributed by atoms with van der Waals surface area (Å²) in [6.45, 7) is 2.18. The molecule has 0 rings (SSSR count). The number of aliphatic hydroxyl groups excluding tert-OH is 2. The van der Waals surface area contributed by atoms with Crippen molar-refractivity contribution in [2.75, 3.05) is 26.4 Å². The molecule has 3 atom stereocenters. The summed E-state index contributed by atoms with van der Waals surface area (Å²) >= 11 is 0. The smallest absolute Gasteiger partial charge is 0.462 e. The fourth-order valence-corrected chi connectivity index (χ4v) is 6.28. The minimum atomic E-state index is -4.64. The molecular formula is C46H79O10P. The van der Waals surface area contributed by atoms with Crippen molar-refractivity contribution in [1.82, 2.24) is 0 Å². The van der Waals surface area contributed by atoms with Gasteiger partial charge in [0.1, 0.15) is 12.7 Å². The number of unbranched alkanes of at least 4 members (excludes halogenated alkanes) is 14. The van der Waals surface area contributed by atoms with E-state index in [-0.39, 0.29) is 19.4 Å². The van der Waals surface area contributed by atoms with Gasteiger partial charge in [-0.2, -0.15) is 0 Å². The highest BCUT2D eigenvalue weighted by Crippen LogP contribution is 2.43. The maximum absolute atomic E-state index is 12.6. The topological polar surface area (TPSA) is 149 Å². The Morgan fingerprint density at radius 1 is 0.544 bits per heavy atom. The summed E-state index contributed by atoms with van der Waals surface area (Å²) in [5.41, 5.74) is 0. The fraction of sp³-hybridized carbons (Fsp3) is 0.696. The summed E-state index contributed by atoms with van der Waals surface area (Å²) in [6, 6.07) is 0. The Bertz CT molecular complexity index is 1180. The number of phosphoric acid groups is 1. The van der Waals surface area contributed by atoms with E-state index in [4.69, 9.17) is 19.1 Å². The SMILES string of the molecule is CC/C=C/C/C=C/C/C=C/C/C=C/C/C=C/CCCC(=O)O[C@H](COC(=O)CCCCCCCCCCC/C=C/CCCCCC)COP(=O)(O)OC[C@@H](O)CO. The number of ether oxygens (including phenoxy) is 2. The van der Waals surface area contributed by atoms with Gasteiger partial charge >= 0.3 is 19.8 Å². The van der Waals surface area contributed by atoms with E-state index in [9.17, 15) is 24.2 Å². The molecule has 328 valence electrons. The third kappa shape index (κ3) is 41.4. The van der Waals surface area contributed by atoms with E-state index >= 15 is 0 Å². The lowest BCUT2D eigenvalue weighted by Gasteiger charge is -2.20. The van der Waals surface area contributed by atoms with Gasteiger partial charge in [-0.1, -0.05) is 151 Å². The van der Waals surface area contributed by atoms with E-state index < -0.39 is 51.8 Å². The van der Waals surface area contributed by atoms with Gasteiger partial charge < -0.3 is 24.6 Å². The number of carbonyl (C=O) groups is 2. The van der Waals surface area contributed by atoms with E-state index in [1.165, 1.54) is 70.6 Å². The zero-order valence-corrected chi connectivity index (χ0v) is 36.4. The molecule has 0 bridgehead atoms. The number of rotatable bonds is 40. The van der Waals surface area contributed by atoms with Crippen LogP contribution in [0.2, 0.25) is 0 Å². The quantitative estimate of drug-likeness (QED) is 0.0236. The normalized spacial score (nSPS) is 14.5. The summed E-state index contributed by atoms with van der Waals surface area (Å²) in [5.74, 6) is -1.000. The van der Waals surface area contributed by atoms with Gasteiger partial charge in [0.2, 0.25) is 0 Å². The van der Waals surface area contributed by atoms with Crippen LogP contribution in [-0.4, -0.2) is 65.7 Å². The summed E-state index contributed by atoms with van der Waals surface area (Å²) in [7, 11) is -4.64. The van der Waals surface area contributed by atoms with Gasteiger partial charge in [-0.05, 0) is 77.0 Å². The van der Waals surface area contributed by atoms with Crippen LogP contribution in [0.15, 0.2) is 72.9 Å². The number of carbonyl (C=O) groups excluding carboxylic acids is 2. The van der Waals surface area contributed by atoms with E-state index in [1.54, 1.807) is 0 Å². The van der Waals surface area contributed by atoms with Crippen LogP contribution in [0, 0.1) is 0 Å². The van der Waals surface area contributed by atoms with Crippen LogP contribution < -0.4 is 0 Å². The van der Waals surface area contributed by atoms with Crippen LogP contribution in [0.4, 0.5) is 0 Å². The number of phosphoric ester groups is 1. The molecule has 0 aromatic carbocycles. The van der Waals surface area contributed by atoms with Crippen molar-refractivity contribution in [3.05, 3.63) is 72.9 Å². The van der Waals surface area contributed by atoms with Crippen molar-refractivity contribution in [1.29, 1.82) is 0 Å². The summed E-state index contributed by atoms with van der Waals surface area (Å²) in [6.07, 6.45) is 47.3. The molecule has 0 aliphatic heterocycles. The molecule has 10 nitrogen and oxygen atoms in total. The molecular weight excluding hydrogens is 743 g/mol. The predicted octanol–water partition coefficient (Wildman–Crippen LogP) is 11.7. The van der Waals surface area contributed by atoms with Crippen molar-refractivity contribution in [3.63, 3.8) is 0 Å². The zero-order valence-electron chi connectivity index (χ0n) is 35.5. The van der Waals surface area contributed by atoms with Gasteiger partial charge in [0, 0.05) is 12.8 Å². The van der Waals surface area contributed by atoms with Crippen molar-refractivity contribution >= 4 is 19.8 Å². The molecule has 0 radical (unpaired) electrons. The zero-order chi connectivity index (χ0) is 41.9. The van der Waals surface area contributed by atoms with Crippen LogP contribution in [0.1, 0.15) is 168 Å². The van der Waals surface area contributed by atoms with Gasteiger partial charge in [-0.3, -0.25) is 18.6 Å². The summed E-state index contributed by atoms with van der Waals surface area (Å²) in [4.78, 5) is 35.0. The minimum absolute atomic E-state index is 0.103. The summed E-state index contributed by atoms with van der Waals surface area (Å²) < 4.78 is 32.7. The van der Waals surface area contributed by atoms with Gasteiger partial charge in [0.25, 0.3) is 0 Å². The van der Waals surface area contributed by atoms with Crippen LogP contribution >= 0.6 is 7.82 Å². The highest BCUT2D eigenvalue weighted by molar-refractivity contribution is 7.47.